The molecule has 0 radical (unpaired) electrons. The Hall–Kier alpha value is -2.80. The van der Waals surface area contributed by atoms with Crippen LogP contribution in [0.3, 0.4) is 0 Å². The van der Waals surface area contributed by atoms with E-state index in [-0.39, 0.29) is 18.4 Å². The van der Waals surface area contributed by atoms with Gasteiger partial charge >= 0.3 is 0 Å². The zero-order valence-electron chi connectivity index (χ0n) is 14.3. The molecule has 1 aliphatic rings. The third-order valence-electron chi connectivity index (χ3n) is 4.25. The van der Waals surface area contributed by atoms with Gasteiger partial charge in [-0.25, -0.2) is 4.98 Å². The number of carbonyl (C=O) groups is 2. The number of benzene rings is 1. The zero-order valence-corrected chi connectivity index (χ0v) is 15.1. The summed E-state index contributed by atoms with van der Waals surface area (Å²) in [7, 11) is 0. The number of imidazole rings is 1. The van der Waals surface area contributed by atoms with Gasteiger partial charge in [0.1, 0.15) is 23.7 Å². The number of aromatic nitrogens is 2. The predicted octanol–water partition coefficient (Wildman–Crippen LogP) is 2.78. The first kappa shape index (κ1) is 16.7. The van der Waals surface area contributed by atoms with Crippen molar-refractivity contribution in [1.82, 2.24) is 14.3 Å². The topological polar surface area (TPSA) is 66.7 Å². The molecule has 0 atom stereocenters. The molecule has 6 nitrogen and oxygen atoms in total. The van der Waals surface area contributed by atoms with Crippen molar-refractivity contribution in [3.8, 4) is 11.3 Å². The molecule has 0 saturated carbocycles. The average Bonchev–Trinajstić information content (AvgIpc) is 3.19. The number of hydrogen-bond donors (Lipinski definition) is 1. The Labute approximate surface area is 155 Å². The van der Waals surface area contributed by atoms with Gasteiger partial charge in [0, 0.05) is 11.8 Å². The van der Waals surface area contributed by atoms with Gasteiger partial charge in [-0.05, 0) is 24.6 Å². The molecule has 0 unspecified atom stereocenters. The van der Waals surface area contributed by atoms with Crippen LogP contribution in [0.15, 0.2) is 48.7 Å². The molecule has 0 aliphatic carbocycles. The lowest BCUT2D eigenvalue weighted by molar-refractivity contribution is -0.130. The Morgan fingerprint density at radius 1 is 1.27 bits per heavy atom. The van der Waals surface area contributed by atoms with E-state index >= 15 is 0 Å². The van der Waals surface area contributed by atoms with Crippen molar-refractivity contribution >= 4 is 35.0 Å². The number of pyridine rings is 1. The van der Waals surface area contributed by atoms with Gasteiger partial charge in [-0.1, -0.05) is 30.3 Å². The molecular formula is C19H18N4O2S. The van der Waals surface area contributed by atoms with Gasteiger partial charge < -0.3 is 10.2 Å². The van der Waals surface area contributed by atoms with Crippen LogP contribution >= 0.6 is 11.8 Å². The molecule has 7 heteroatoms. The van der Waals surface area contributed by atoms with Crippen LogP contribution in [0, 0.1) is 6.92 Å². The van der Waals surface area contributed by atoms with Crippen LogP contribution in [-0.4, -0.2) is 44.3 Å². The van der Waals surface area contributed by atoms with E-state index in [1.54, 1.807) is 4.90 Å². The van der Waals surface area contributed by atoms with Crippen molar-refractivity contribution in [3.63, 3.8) is 0 Å². The number of rotatable bonds is 4. The number of anilines is 1. The lowest BCUT2D eigenvalue weighted by atomic mass is 10.1. The number of hydrogen-bond acceptors (Lipinski definition) is 4. The Bertz CT molecular complexity index is 984. The molecule has 4 rings (SSSR count). The van der Waals surface area contributed by atoms with E-state index in [1.807, 2.05) is 60.0 Å². The van der Waals surface area contributed by atoms with Crippen molar-refractivity contribution in [2.24, 2.45) is 0 Å². The largest absolute Gasteiger partial charge is 0.323 e. The summed E-state index contributed by atoms with van der Waals surface area (Å²) in [6, 6.07) is 13.7. The monoisotopic (exact) mass is 366 g/mol. The standard InChI is InChI=1S/C19H18N4O2S/c1-13-7-8-23-15(9-13)20-18(14-5-3-2-4-6-14)19(23)21-16(24)10-22-12-26-11-17(22)25/h2-9H,10-12H2,1H3,(H,21,24). The number of amides is 2. The Morgan fingerprint density at radius 2 is 2.08 bits per heavy atom. The fourth-order valence-electron chi connectivity index (χ4n) is 2.95. The Balaban J connectivity index is 1.70. The van der Waals surface area contributed by atoms with E-state index in [9.17, 15) is 9.59 Å². The third-order valence-corrected chi connectivity index (χ3v) is 5.19. The van der Waals surface area contributed by atoms with E-state index in [0.29, 0.717) is 23.1 Å². The van der Waals surface area contributed by atoms with Gasteiger partial charge in [0.25, 0.3) is 0 Å². The molecule has 1 saturated heterocycles. The third kappa shape index (κ3) is 3.17. The quantitative estimate of drug-likeness (QED) is 0.771. The number of thioether (sulfide) groups is 1. The van der Waals surface area contributed by atoms with E-state index < -0.39 is 0 Å². The van der Waals surface area contributed by atoms with Crippen LogP contribution in [0.1, 0.15) is 5.56 Å². The molecule has 0 spiro atoms. The van der Waals surface area contributed by atoms with E-state index in [2.05, 4.69) is 5.32 Å². The highest BCUT2D eigenvalue weighted by Crippen LogP contribution is 2.29. The van der Waals surface area contributed by atoms with Crippen LogP contribution in [0.2, 0.25) is 0 Å². The molecule has 3 aromatic rings. The maximum Gasteiger partial charge on any atom is 0.245 e. The van der Waals surface area contributed by atoms with Crippen molar-refractivity contribution in [2.75, 3.05) is 23.5 Å². The number of nitrogens with one attached hydrogen (secondary N) is 1. The molecule has 26 heavy (non-hydrogen) atoms. The summed E-state index contributed by atoms with van der Waals surface area (Å²) in [5.41, 5.74) is 3.51. The van der Waals surface area contributed by atoms with Crippen molar-refractivity contribution in [3.05, 3.63) is 54.2 Å². The van der Waals surface area contributed by atoms with Crippen molar-refractivity contribution < 1.29 is 9.59 Å². The number of nitrogens with zero attached hydrogens (tertiary/aromatic N) is 3. The van der Waals surface area contributed by atoms with E-state index in [1.165, 1.54) is 11.8 Å². The summed E-state index contributed by atoms with van der Waals surface area (Å²) in [6.45, 7) is 2.06. The molecule has 132 valence electrons. The first-order valence-electron chi connectivity index (χ1n) is 8.31. The molecule has 2 amide bonds. The first-order chi connectivity index (χ1) is 12.6. The van der Waals surface area contributed by atoms with Gasteiger partial charge in [-0.2, -0.15) is 0 Å². The first-order valence-corrected chi connectivity index (χ1v) is 9.47. The highest BCUT2D eigenvalue weighted by molar-refractivity contribution is 8.00. The summed E-state index contributed by atoms with van der Waals surface area (Å²) in [5, 5.41) is 2.96. The summed E-state index contributed by atoms with van der Waals surface area (Å²) in [4.78, 5) is 30.6. The van der Waals surface area contributed by atoms with Crippen LogP contribution in [0.5, 0.6) is 0 Å². The second kappa shape index (κ2) is 6.84. The van der Waals surface area contributed by atoms with Gasteiger partial charge in [0.05, 0.1) is 11.6 Å². The van der Waals surface area contributed by atoms with Crippen LogP contribution in [0.4, 0.5) is 5.82 Å². The summed E-state index contributed by atoms with van der Waals surface area (Å²) in [5.74, 6) is 1.40. The van der Waals surface area contributed by atoms with Gasteiger partial charge in [-0.15, -0.1) is 11.8 Å². The normalized spacial score (nSPS) is 14.2. The van der Waals surface area contributed by atoms with E-state index in [4.69, 9.17) is 4.98 Å². The Morgan fingerprint density at radius 3 is 2.81 bits per heavy atom. The summed E-state index contributed by atoms with van der Waals surface area (Å²) >= 11 is 1.52. The summed E-state index contributed by atoms with van der Waals surface area (Å²) < 4.78 is 1.87. The van der Waals surface area contributed by atoms with Crippen molar-refractivity contribution in [2.45, 2.75) is 6.92 Å². The minimum Gasteiger partial charge on any atom is -0.323 e. The molecule has 1 fully saturated rings. The summed E-state index contributed by atoms with van der Waals surface area (Å²) in [6.07, 6.45) is 1.90. The molecule has 1 aromatic carbocycles. The van der Waals surface area contributed by atoms with Gasteiger partial charge in [0.2, 0.25) is 11.8 Å². The molecule has 1 aliphatic heterocycles. The predicted molar refractivity (Wildman–Crippen MR) is 103 cm³/mol. The Kier molecular flexibility index (Phi) is 4.38. The van der Waals surface area contributed by atoms with E-state index in [0.717, 1.165) is 16.8 Å². The average molecular weight is 366 g/mol. The fourth-order valence-corrected chi connectivity index (χ4v) is 3.85. The number of carbonyl (C=O) groups excluding carboxylic acids is 2. The highest BCUT2D eigenvalue weighted by atomic mass is 32.2. The second-order valence-corrected chi connectivity index (χ2v) is 7.18. The van der Waals surface area contributed by atoms with Gasteiger partial charge in [0.15, 0.2) is 0 Å². The number of aryl methyl sites for hydroxylation is 1. The van der Waals surface area contributed by atoms with Crippen molar-refractivity contribution in [1.29, 1.82) is 0 Å². The highest BCUT2D eigenvalue weighted by Gasteiger charge is 2.24. The molecule has 3 heterocycles. The SMILES string of the molecule is Cc1ccn2c(NC(=O)CN3CSCC3=O)c(-c3ccccc3)nc2c1. The maximum absolute atomic E-state index is 12.6. The minimum atomic E-state index is -0.222. The van der Waals surface area contributed by atoms with Crippen LogP contribution in [-0.2, 0) is 9.59 Å². The lowest BCUT2D eigenvalue weighted by Gasteiger charge is -2.14. The van der Waals surface area contributed by atoms with Crippen LogP contribution < -0.4 is 5.32 Å². The fraction of sp³-hybridized carbons (Fsp3) is 0.211. The lowest BCUT2D eigenvalue weighted by Crippen LogP contribution is -2.34. The zero-order chi connectivity index (χ0) is 18.1. The molecule has 0 bridgehead atoms. The molecule has 1 N–H and O–H groups in total. The second-order valence-electron chi connectivity index (χ2n) is 6.22. The minimum absolute atomic E-state index is 0.00204. The van der Waals surface area contributed by atoms with Crippen LogP contribution in [0.25, 0.3) is 16.9 Å². The van der Waals surface area contributed by atoms with Gasteiger partial charge in [-0.3, -0.25) is 14.0 Å². The molecular weight excluding hydrogens is 348 g/mol. The number of fused-ring (bicyclic) bond motifs is 1. The molecule has 2 aromatic heterocycles. The maximum atomic E-state index is 12.6. The smallest absolute Gasteiger partial charge is 0.245 e.